The van der Waals surface area contributed by atoms with Crippen LogP contribution in [0.3, 0.4) is 0 Å². The van der Waals surface area contributed by atoms with Crippen LogP contribution < -0.4 is 5.73 Å². The molecule has 2 aromatic heterocycles. The lowest BCUT2D eigenvalue weighted by molar-refractivity contribution is 1.21. The molecule has 0 aliphatic heterocycles. The van der Waals surface area contributed by atoms with Crippen LogP contribution in [-0.2, 0) is 0 Å². The highest BCUT2D eigenvalue weighted by molar-refractivity contribution is 5.96. The van der Waals surface area contributed by atoms with Crippen LogP contribution in [0.25, 0.3) is 22.0 Å². The van der Waals surface area contributed by atoms with Crippen molar-refractivity contribution in [2.45, 2.75) is 0 Å². The molecular weight excluding hydrogens is 212 g/mol. The van der Waals surface area contributed by atoms with Gasteiger partial charge in [-0.1, -0.05) is 24.3 Å². The van der Waals surface area contributed by atoms with Crippen molar-refractivity contribution in [3.8, 4) is 11.3 Å². The van der Waals surface area contributed by atoms with Crippen molar-refractivity contribution in [2.75, 3.05) is 5.73 Å². The highest BCUT2D eigenvalue weighted by atomic mass is 14.9. The van der Waals surface area contributed by atoms with E-state index in [1.165, 1.54) is 0 Å². The van der Waals surface area contributed by atoms with Gasteiger partial charge in [0.25, 0.3) is 0 Å². The third-order valence-corrected chi connectivity index (χ3v) is 2.65. The Morgan fingerprint density at radius 2 is 1.76 bits per heavy atom. The van der Waals surface area contributed by atoms with Gasteiger partial charge in [-0.05, 0) is 5.39 Å². The molecule has 0 aliphatic carbocycles. The van der Waals surface area contributed by atoms with Gasteiger partial charge in [-0.3, -0.25) is 9.97 Å². The van der Waals surface area contributed by atoms with Crippen LogP contribution in [0.2, 0.25) is 0 Å². The van der Waals surface area contributed by atoms with Gasteiger partial charge in [-0.25, -0.2) is 4.98 Å². The maximum absolute atomic E-state index is 5.84. The van der Waals surface area contributed by atoms with Crippen LogP contribution in [0.1, 0.15) is 0 Å². The Balaban J connectivity index is 2.35. The molecule has 2 heterocycles. The number of nitrogen functional groups attached to an aromatic ring is 1. The molecule has 0 saturated heterocycles. The zero-order valence-electron chi connectivity index (χ0n) is 9.04. The Morgan fingerprint density at radius 1 is 0.941 bits per heavy atom. The Labute approximate surface area is 98.2 Å². The highest BCUT2D eigenvalue weighted by Crippen LogP contribution is 2.28. The fraction of sp³-hybridized carbons (Fsp3) is 0. The van der Waals surface area contributed by atoms with Crippen LogP contribution in [0, 0.1) is 0 Å². The molecule has 3 aromatic rings. The molecule has 82 valence electrons. The second-order valence-electron chi connectivity index (χ2n) is 3.70. The molecule has 3 rings (SSSR count). The van der Waals surface area contributed by atoms with Crippen molar-refractivity contribution in [3.05, 3.63) is 49.1 Å². The molecule has 4 heteroatoms. The molecule has 0 spiro atoms. The molecule has 4 nitrogen and oxygen atoms in total. The summed E-state index contributed by atoms with van der Waals surface area (Å²) in [4.78, 5) is 12.5. The molecule has 1 aromatic carbocycles. The summed E-state index contributed by atoms with van der Waals surface area (Å²) < 4.78 is 0. The maximum Gasteiger partial charge on any atom is 0.150 e. The fourth-order valence-electron chi connectivity index (χ4n) is 1.86. The van der Waals surface area contributed by atoms with Crippen molar-refractivity contribution in [3.63, 3.8) is 0 Å². The monoisotopic (exact) mass is 222 g/mol. The molecule has 0 fully saturated rings. The maximum atomic E-state index is 5.84. The molecule has 0 radical (unpaired) electrons. The van der Waals surface area contributed by atoms with Gasteiger partial charge in [0, 0.05) is 35.7 Å². The number of rotatable bonds is 1. The van der Waals surface area contributed by atoms with Crippen molar-refractivity contribution in [2.24, 2.45) is 0 Å². The summed E-state index contributed by atoms with van der Waals surface area (Å²) in [5.74, 6) is 0.422. The van der Waals surface area contributed by atoms with E-state index in [2.05, 4.69) is 15.0 Å². The predicted molar refractivity (Wildman–Crippen MR) is 67.2 cm³/mol. The van der Waals surface area contributed by atoms with Crippen LogP contribution in [-0.4, -0.2) is 15.0 Å². The van der Waals surface area contributed by atoms with Gasteiger partial charge < -0.3 is 5.73 Å². The standard InChI is InChI=1S/C13H10N4/c14-13-12(16-5-6-17-13)11-8-15-7-9-3-1-2-4-10(9)11/h1-8H,(H2,14,17). The minimum absolute atomic E-state index is 0.422. The number of aromatic nitrogens is 3. The van der Waals surface area contributed by atoms with Crippen molar-refractivity contribution >= 4 is 16.6 Å². The summed E-state index contributed by atoms with van der Waals surface area (Å²) in [6, 6.07) is 8.01. The summed E-state index contributed by atoms with van der Waals surface area (Å²) in [6.07, 6.45) is 6.80. The van der Waals surface area contributed by atoms with Crippen LogP contribution in [0.4, 0.5) is 5.82 Å². The van der Waals surface area contributed by atoms with E-state index in [-0.39, 0.29) is 0 Å². The van der Waals surface area contributed by atoms with Crippen molar-refractivity contribution in [1.82, 2.24) is 15.0 Å². The lowest BCUT2D eigenvalue weighted by Crippen LogP contribution is -1.96. The number of hydrogen-bond donors (Lipinski definition) is 1. The normalized spacial score (nSPS) is 10.6. The second kappa shape index (κ2) is 3.83. The number of hydrogen-bond acceptors (Lipinski definition) is 4. The summed E-state index contributed by atoms with van der Waals surface area (Å²) in [7, 11) is 0. The number of anilines is 1. The summed E-state index contributed by atoms with van der Waals surface area (Å²) >= 11 is 0. The zero-order chi connectivity index (χ0) is 11.7. The molecule has 0 atom stereocenters. The molecule has 0 unspecified atom stereocenters. The molecule has 17 heavy (non-hydrogen) atoms. The number of nitrogens with zero attached hydrogens (tertiary/aromatic N) is 3. The predicted octanol–water partition coefficient (Wildman–Crippen LogP) is 2.27. The Morgan fingerprint density at radius 3 is 2.65 bits per heavy atom. The minimum atomic E-state index is 0.422. The molecular formula is C13H10N4. The third kappa shape index (κ3) is 1.59. The van der Waals surface area contributed by atoms with Crippen LogP contribution in [0.15, 0.2) is 49.1 Å². The number of fused-ring (bicyclic) bond motifs is 1. The average Bonchev–Trinajstić information content (AvgIpc) is 2.39. The number of benzene rings is 1. The number of pyridine rings is 1. The molecule has 0 bridgehead atoms. The third-order valence-electron chi connectivity index (χ3n) is 2.65. The van der Waals surface area contributed by atoms with Crippen molar-refractivity contribution < 1.29 is 0 Å². The average molecular weight is 222 g/mol. The molecule has 0 amide bonds. The van der Waals surface area contributed by atoms with Gasteiger partial charge in [-0.2, -0.15) is 0 Å². The van der Waals surface area contributed by atoms with Gasteiger partial charge in [0.1, 0.15) is 11.5 Å². The Hall–Kier alpha value is -2.49. The van der Waals surface area contributed by atoms with Gasteiger partial charge in [0.15, 0.2) is 0 Å². The molecule has 0 aliphatic rings. The van der Waals surface area contributed by atoms with Gasteiger partial charge in [0.2, 0.25) is 0 Å². The Bertz CT molecular complexity index is 674. The van der Waals surface area contributed by atoms with Gasteiger partial charge in [-0.15, -0.1) is 0 Å². The summed E-state index contributed by atoms with van der Waals surface area (Å²) in [6.45, 7) is 0. The van der Waals surface area contributed by atoms with Gasteiger partial charge in [0.05, 0.1) is 0 Å². The quantitative estimate of drug-likeness (QED) is 0.686. The summed E-state index contributed by atoms with van der Waals surface area (Å²) in [5.41, 5.74) is 7.43. The molecule has 0 saturated carbocycles. The molecule has 2 N–H and O–H groups in total. The largest absolute Gasteiger partial charge is 0.382 e. The first-order chi connectivity index (χ1) is 8.36. The lowest BCUT2D eigenvalue weighted by atomic mass is 10.1. The first-order valence-electron chi connectivity index (χ1n) is 5.26. The van der Waals surface area contributed by atoms with Crippen molar-refractivity contribution in [1.29, 1.82) is 0 Å². The van der Waals surface area contributed by atoms with E-state index in [0.29, 0.717) is 11.5 Å². The van der Waals surface area contributed by atoms with Crippen LogP contribution >= 0.6 is 0 Å². The van der Waals surface area contributed by atoms with E-state index < -0.39 is 0 Å². The Kier molecular flexibility index (Phi) is 2.19. The van der Waals surface area contributed by atoms with Gasteiger partial charge >= 0.3 is 0 Å². The summed E-state index contributed by atoms with van der Waals surface area (Å²) in [5, 5.41) is 2.14. The second-order valence-corrected chi connectivity index (χ2v) is 3.70. The smallest absolute Gasteiger partial charge is 0.150 e. The SMILES string of the molecule is Nc1nccnc1-c1cncc2ccccc12. The number of nitrogens with two attached hydrogens (primary N) is 1. The fourth-order valence-corrected chi connectivity index (χ4v) is 1.86. The van der Waals surface area contributed by atoms with E-state index in [4.69, 9.17) is 5.73 Å². The zero-order valence-corrected chi connectivity index (χ0v) is 9.04. The van der Waals surface area contributed by atoms with Crippen LogP contribution in [0.5, 0.6) is 0 Å². The van der Waals surface area contributed by atoms with E-state index in [9.17, 15) is 0 Å². The minimum Gasteiger partial charge on any atom is -0.382 e. The first-order valence-corrected chi connectivity index (χ1v) is 5.26. The first kappa shape index (κ1) is 9.72. The van der Waals surface area contributed by atoms with E-state index >= 15 is 0 Å². The highest BCUT2D eigenvalue weighted by Gasteiger charge is 2.08. The van der Waals surface area contributed by atoms with E-state index in [1.807, 2.05) is 30.5 Å². The van der Waals surface area contributed by atoms with E-state index in [1.54, 1.807) is 18.6 Å². The lowest BCUT2D eigenvalue weighted by Gasteiger charge is -2.06. The van der Waals surface area contributed by atoms with E-state index in [0.717, 1.165) is 16.3 Å². The topological polar surface area (TPSA) is 64.7 Å².